The van der Waals surface area contributed by atoms with E-state index in [1.807, 2.05) is 18.3 Å². The Hall–Kier alpha value is -1.68. The Labute approximate surface area is 148 Å². The highest BCUT2D eigenvalue weighted by atomic mass is 32.1. The molecule has 1 aromatic heterocycles. The zero-order valence-electron chi connectivity index (χ0n) is 14.2. The van der Waals surface area contributed by atoms with E-state index in [-0.39, 0.29) is 5.75 Å². The van der Waals surface area contributed by atoms with Crippen LogP contribution in [0.15, 0.2) is 29.3 Å². The van der Waals surface area contributed by atoms with Crippen LogP contribution in [0.25, 0.3) is 0 Å². The molecule has 4 heteroatoms. The average Bonchev–Trinajstić information content (AvgIpc) is 2.96. The number of phenolic OH excluding ortho intramolecular Hbond substituents is 1. The number of hydrogen-bond donors (Lipinski definition) is 1. The van der Waals surface area contributed by atoms with Crippen molar-refractivity contribution in [2.45, 2.75) is 64.2 Å². The van der Waals surface area contributed by atoms with Crippen molar-refractivity contribution >= 4 is 22.7 Å². The molecule has 0 aliphatic heterocycles. The number of aliphatic imine (C=N–C) groups is 1. The molecule has 3 nitrogen and oxygen atoms in total. The maximum Gasteiger partial charge on any atom is 0.209 e. The van der Waals surface area contributed by atoms with Gasteiger partial charge in [0.25, 0.3) is 0 Å². The van der Waals surface area contributed by atoms with Gasteiger partial charge in [-0.05, 0) is 55.5 Å². The molecule has 1 aromatic carbocycles. The van der Waals surface area contributed by atoms with Crippen LogP contribution in [0.5, 0.6) is 5.75 Å². The second-order valence-corrected chi connectivity index (χ2v) is 7.61. The van der Waals surface area contributed by atoms with E-state index in [9.17, 15) is 5.11 Å². The third-order valence-corrected chi connectivity index (χ3v) is 5.62. The van der Waals surface area contributed by atoms with Gasteiger partial charge in [-0.2, -0.15) is 0 Å². The fourth-order valence-corrected chi connectivity index (χ4v) is 4.14. The van der Waals surface area contributed by atoms with Gasteiger partial charge in [0.2, 0.25) is 5.13 Å². The highest BCUT2D eigenvalue weighted by Gasteiger charge is 2.11. The van der Waals surface area contributed by atoms with Crippen molar-refractivity contribution in [3.05, 3.63) is 40.4 Å². The summed E-state index contributed by atoms with van der Waals surface area (Å²) in [5.41, 5.74) is 2.26. The largest absolute Gasteiger partial charge is 0.508 e. The molecule has 128 valence electrons. The summed E-state index contributed by atoms with van der Waals surface area (Å²) in [6, 6.07) is 7.09. The Kier molecular flexibility index (Phi) is 6.41. The summed E-state index contributed by atoms with van der Waals surface area (Å²) in [6.07, 6.45) is 14.8. The lowest BCUT2D eigenvalue weighted by atomic mass is 10.0. The molecule has 0 spiro atoms. The summed E-state index contributed by atoms with van der Waals surface area (Å²) in [6.45, 7) is 0. The van der Waals surface area contributed by atoms with Gasteiger partial charge in [-0.1, -0.05) is 49.9 Å². The number of aromatic nitrogens is 1. The Morgan fingerprint density at radius 3 is 2.21 bits per heavy atom. The van der Waals surface area contributed by atoms with Gasteiger partial charge in [-0.15, -0.1) is 0 Å². The topological polar surface area (TPSA) is 45.5 Å². The summed E-state index contributed by atoms with van der Waals surface area (Å²) in [7, 11) is 0. The molecular weight excluding hydrogens is 316 g/mol. The molecular formula is C20H26N2OS. The van der Waals surface area contributed by atoms with Crippen LogP contribution in [-0.4, -0.2) is 16.3 Å². The first kappa shape index (κ1) is 17.2. The molecule has 1 N–H and O–H groups in total. The zero-order valence-corrected chi connectivity index (χ0v) is 15.0. The van der Waals surface area contributed by atoms with Gasteiger partial charge in [-0.25, -0.2) is 9.98 Å². The number of fused-ring (bicyclic) bond motifs is 1. The lowest BCUT2D eigenvalue weighted by Gasteiger charge is -2.06. The van der Waals surface area contributed by atoms with Crippen LogP contribution in [0.1, 0.15) is 67.5 Å². The number of nitrogens with zero attached hydrogens (tertiary/aromatic N) is 2. The molecule has 0 amide bonds. The van der Waals surface area contributed by atoms with Crippen molar-refractivity contribution in [2.24, 2.45) is 4.99 Å². The van der Waals surface area contributed by atoms with Crippen molar-refractivity contribution < 1.29 is 5.11 Å². The maximum atomic E-state index is 9.34. The van der Waals surface area contributed by atoms with E-state index in [4.69, 9.17) is 4.98 Å². The SMILES string of the molecule is Oc1ccc(C=Nc2nc3c(s2)CCCCCCCCCC3)cc1. The minimum absolute atomic E-state index is 0.281. The molecule has 1 heterocycles. The van der Waals surface area contributed by atoms with Gasteiger partial charge >= 0.3 is 0 Å². The highest BCUT2D eigenvalue weighted by Crippen LogP contribution is 2.29. The Bertz CT molecular complexity index is 631. The molecule has 0 atom stereocenters. The van der Waals surface area contributed by atoms with Gasteiger partial charge in [0.15, 0.2) is 0 Å². The molecule has 0 unspecified atom stereocenters. The molecule has 1 aliphatic rings. The molecule has 0 saturated carbocycles. The van der Waals surface area contributed by atoms with Crippen LogP contribution in [-0.2, 0) is 12.8 Å². The number of hydrogen-bond acceptors (Lipinski definition) is 4. The first-order valence-corrected chi connectivity index (χ1v) is 9.94. The van der Waals surface area contributed by atoms with Crippen molar-refractivity contribution in [3.8, 4) is 5.75 Å². The van der Waals surface area contributed by atoms with Crippen LogP contribution < -0.4 is 0 Å². The molecule has 0 fully saturated rings. The number of phenols is 1. The quantitative estimate of drug-likeness (QED) is 0.699. The van der Waals surface area contributed by atoms with E-state index in [0.29, 0.717) is 0 Å². The van der Waals surface area contributed by atoms with Crippen LogP contribution >= 0.6 is 11.3 Å². The summed E-state index contributed by atoms with van der Waals surface area (Å²) in [5.74, 6) is 0.281. The van der Waals surface area contributed by atoms with Crippen molar-refractivity contribution in [1.82, 2.24) is 4.98 Å². The minimum Gasteiger partial charge on any atom is -0.508 e. The monoisotopic (exact) mass is 342 g/mol. The van der Waals surface area contributed by atoms with E-state index in [1.165, 1.54) is 61.9 Å². The highest BCUT2D eigenvalue weighted by molar-refractivity contribution is 7.15. The van der Waals surface area contributed by atoms with Crippen molar-refractivity contribution in [2.75, 3.05) is 0 Å². The molecule has 0 radical (unpaired) electrons. The summed E-state index contributed by atoms with van der Waals surface area (Å²) in [5, 5.41) is 10.2. The number of aromatic hydroxyl groups is 1. The van der Waals surface area contributed by atoms with Crippen LogP contribution in [0, 0.1) is 0 Å². The van der Waals surface area contributed by atoms with Crippen LogP contribution in [0.2, 0.25) is 0 Å². The van der Waals surface area contributed by atoms with Crippen LogP contribution in [0.4, 0.5) is 5.13 Å². The van der Waals surface area contributed by atoms with Crippen molar-refractivity contribution in [3.63, 3.8) is 0 Å². The first-order chi connectivity index (χ1) is 11.8. The van der Waals surface area contributed by atoms with Gasteiger partial charge in [0.05, 0.1) is 5.69 Å². The molecule has 1 aliphatic carbocycles. The number of thiazole rings is 1. The fourth-order valence-electron chi connectivity index (χ4n) is 3.14. The minimum atomic E-state index is 0.281. The summed E-state index contributed by atoms with van der Waals surface area (Å²) in [4.78, 5) is 10.8. The standard InChI is InChI=1S/C20H26N2OS/c23-17-13-11-16(12-14-17)15-21-20-22-18-9-7-5-3-1-2-4-6-8-10-19(18)24-20/h11-15,23H,1-10H2. The van der Waals surface area contributed by atoms with E-state index >= 15 is 0 Å². The van der Waals surface area contributed by atoms with E-state index < -0.39 is 0 Å². The lowest BCUT2D eigenvalue weighted by molar-refractivity contribution is 0.475. The lowest BCUT2D eigenvalue weighted by Crippen LogP contribution is -1.94. The van der Waals surface area contributed by atoms with Gasteiger partial charge in [0.1, 0.15) is 5.75 Å². The maximum absolute atomic E-state index is 9.34. The summed E-state index contributed by atoms with van der Waals surface area (Å²) < 4.78 is 0. The van der Waals surface area contributed by atoms with Gasteiger partial charge < -0.3 is 5.11 Å². The fraction of sp³-hybridized carbons (Fsp3) is 0.500. The molecule has 0 saturated heterocycles. The third-order valence-electron chi connectivity index (χ3n) is 4.55. The number of rotatable bonds is 2. The summed E-state index contributed by atoms with van der Waals surface area (Å²) >= 11 is 1.75. The Balaban J connectivity index is 1.70. The van der Waals surface area contributed by atoms with Gasteiger partial charge in [0, 0.05) is 11.1 Å². The predicted octanol–water partition coefficient (Wildman–Crippen LogP) is 5.82. The normalized spacial score (nSPS) is 17.2. The van der Waals surface area contributed by atoms with Crippen LogP contribution in [0.3, 0.4) is 0 Å². The third kappa shape index (κ3) is 5.17. The smallest absolute Gasteiger partial charge is 0.209 e. The Morgan fingerprint density at radius 1 is 0.875 bits per heavy atom. The molecule has 0 bridgehead atoms. The zero-order chi connectivity index (χ0) is 16.6. The number of benzene rings is 1. The number of aryl methyl sites for hydroxylation is 2. The average molecular weight is 343 g/mol. The molecule has 24 heavy (non-hydrogen) atoms. The first-order valence-electron chi connectivity index (χ1n) is 9.13. The van der Waals surface area contributed by atoms with Gasteiger partial charge in [-0.3, -0.25) is 0 Å². The predicted molar refractivity (Wildman–Crippen MR) is 102 cm³/mol. The Morgan fingerprint density at radius 2 is 1.50 bits per heavy atom. The molecule has 3 rings (SSSR count). The molecule has 2 aromatic rings. The van der Waals surface area contributed by atoms with Crippen molar-refractivity contribution in [1.29, 1.82) is 0 Å². The van der Waals surface area contributed by atoms with E-state index in [1.54, 1.807) is 23.5 Å². The van der Waals surface area contributed by atoms with E-state index in [0.717, 1.165) is 23.5 Å². The second-order valence-electron chi connectivity index (χ2n) is 6.54. The van der Waals surface area contributed by atoms with E-state index in [2.05, 4.69) is 4.99 Å². The second kappa shape index (κ2) is 8.97.